The van der Waals surface area contributed by atoms with E-state index in [1.807, 2.05) is 0 Å². The van der Waals surface area contributed by atoms with Crippen molar-refractivity contribution >= 4 is 15.9 Å². The van der Waals surface area contributed by atoms with Gasteiger partial charge in [0.1, 0.15) is 17.7 Å². The second kappa shape index (κ2) is 5.39. The van der Waals surface area contributed by atoms with Crippen molar-refractivity contribution in [2.24, 2.45) is 0 Å². The first-order valence-electron chi connectivity index (χ1n) is 5.80. The van der Waals surface area contributed by atoms with Crippen LogP contribution in [-0.2, 0) is 0 Å². The number of rotatable bonds is 2. The van der Waals surface area contributed by atoms with E-state index in [2.05, 4.69) is 15.9 Å². The van der Waals surface area contributed by atoms with Gasteiger partial charge in [-0.15, -0.1) is 0 Å². The van der Waals surface area contributed by atoms with Gasteiger partial charge in [0.15, 0.2) is 0 Å². The molecule has 2 aromatic rings. The third-order valence-corrected chi connectivity index (χ3v) is 3.68. The van der Waals surface area contributed by atoms with Crippen LogP contribution in [-0.4, -0.2) is 5.11 Å². The quantitative estimate of drug-likeness (QED) is 0.865. The molecule has 0 amide bonds. The van der Waals surface area contributed by atoms with Crippen molar-refractivity contribution in [3.05, 3.63) is 68.7 Å². The molecule has 1 N–H and O–H groups in total. The van der Waals surface area contributed by atoms with Crippen LogP contribution in [0.4, 0.5) is 8.78 Å². The summed E-state index contributed by atoms with van der Waals surface area (Å²) in [7, 11) is 0. The number of hydrogen-bond acceptors (Lipinski definition) is 1. The Balaban J connectivity index is 2.43. The summed E-state index contributed by atoms with van der Waals surface area (Å²) >= 11 is 3.06. The first kappa shape index (κ1) is 14.2. The van der Waals surface area contributed by atoms with E-state index >= 15 is 0 Å². The molecule has 0 aliphatic heterocycles. The molecular formula is C15H13BrF2O. The van der Waals surface area contributed by atoms with Gasteiger partial charge >= 0.3 is 0 Å². The highest BCUT2D eigenvalue weighted by Gasteiger charge is 2.15. The third kappa shape index (κ3) is 2.85. The Morgan fingerprint density at radius 3 is 2.11 bits per heavy atom. The first-order chi connectivity index (χ1) is 8.90. The Bertz CT molecular complexity index is 603. The van der Waals surface area contributed by atoms with Crippen LogP contribution >= 0.6 is 15.9 Å². The molecule has 1 nitrogen and oxygen atoms in total. The lowest BCUT2D eigenvalue weighted by Crippen LogP contribution is -2.03. The van der Waals surface area contributed by atoms with E-state index in [9.17, 15) is 13.9 Å². The van der Waals surface area contributed by atoms with Gasteiger partial charge in [0.25, 0.3) is 0 Å². The molecule has 1 atom stereocenters. The standard InChI is InChI=1S/C15H13BrF2O/c1-8-5-11(6-9(2)14(8)18)15(19)10-3-4-12(16)13(17)7-10/h3-7,15,19H,1-2H3. The molecule has 0 aliphatic rings. The fourth-order valence-electron chi connectivity index (χ4n) is 2.01. The van der Waals surface area contributed by atoms with E-state index in [4.69, 9.17) is 0 Å². The summed E-state index contributed by atoms with van der Waals surface area (Å²) < 4.78 is 27.3. The number of aliphatic hydroxyl groups excluding tert-OH is 1. The highest BCUT2D eigenvalue weighted by Crippen LogP contribution is 2.27. The molecule has 19 heavy (non-hydrogen) atoms. The van der Waals surface area contributed by atoms with Gasteiger partial charge in [-0.05, 0) is 64.2 Å². The van der Waals surface area contributed by atoms with E-state index in [1.165, 1.54) is 12.1 Å². The fourth-order valence-corrected chi connectivity index (χ4v) is 2.26. The monoisotopic (exact) mass is 326 g/mol. The van der Waals surface area contributed by atoms with Gasteiger partial charge in [-0.3, -0.25) is 0 Å². The zero-order chi connectivity index (χ0) is 14.2. The lowest BCUT2D eigenvalue weighted by molar-refractivity contribution is 0.219. The molecule has 0 heterocycles. The molecule has 2 rings (SSSR count). The molecule has 1 unspecified atom stereocenters. The largest absolute Gasteiger partial charge is 0.384 e. The van der Waals surface area contributed by atoms with E-state index in [0.717, 1.165) is 0 Å². The Morgan fingerprint density at radius 1 is 1.00 bits per heavy atom. The highest BCUT2D eigenvalue weighted by molar-refractivity contribution is 9.10. The van der Waals surface area contributed by atoms with Crippen molar-refractivity contribution < 1.29 is 13.9 Å². The van der Waals surface area contributed by atoms with Gasteiger partial charge in [-0.2, -0.15) is 0 Å². The van der Waals surface area contributed by atoms with Crippen LogP contribution in [0.3, 0.4) is 0 Å². The van der Waals surface area contributed by atoms with Crippen LogP contribution in [0.5, 0.6) is 0 Å². The van der Waals surface area contributed by atoms with E-state index in [1.54, 1.807) is 32.0 Å². The summed E-state index contributed by atoms with van der Waals surface area (Å²) in [5.41, 5.74) is 1.92. The highest BCUT2D eigenvalue weighted by atomic mass is 79.9. The average molecular weight is 327 g/mol. The van der Waals surface area contributed by atoms with Gasteiger partial charge < -0.3 is 5.11 Å². The molecule has 0 fully saturated rings. The van der Waals surface area contributed by atoms with Crippen molar-refractivity contribution in [2.75, 3.05) is 0 Å². The summed E-state index contributed by atoms with van der Waals surface area (Å²) in [6.07, 6.45) is -0.972. The maximum absolute atomic E-state index is 13.5. The van der Waals surface area contributed by atoms with Crippen LogP contribution in [0.1, 0.15) is 28.4 Å². The second-order valence-corrected chi connectivity index (χ2v) is 5.40. The van der Waals surface area contributed by atoms with E-state index in [0.29, 0.717) is 26.7 Å². The predicted molar refractivity (Wildman–Crippen MR) is 74.0 cm³/mol. The fraction of sp³-hybridized carbons (Fsp3) is 0.200. The van der Waals surface area contributed by atoms with Crippen molar-refractivity contribution in [3.8, 4) is 0 Å². The van der Waals surface area contributed by atoms with Gasteiger partial charge in [0.2, 0.25) is 0 Å². The third-order valence-electron chi connectivity index (χ3n) is 3.03. The lowest BCUT2D eigenvalue weighted by Gasteiger charge is -2.14. The number of halogens is 3. The van der Waals surface area contributed by atoms with Crippen LogP contribution in [0.25, 0.3) is 0 Å². The Morgan fingerprint density at radius 2 is 1.58 bits per heavy atom. The summed E-state index contributed by atoms with van der Waals surface area (Å²) in [5, 5.41) is 10.2. The zero-order valence-corrected chi connectivity index (χ0v) is 12.1. The molecule has 0 saturated heterocycles. The van der Waals surface area contributed by atoms with Crippen LogP contribution in [0.2, 0.25) is 0 Å². The normalized spacial score (nSPS) is 12.5. The summed E-state index contributed by atoms with van der Waals surface area (Å²) in [5.74, 6) is -0.718. The topological polar surface area (TPSA) is 20.2 Å². The molecule has 0 radical (unpaired) electrons. The molecule has 0 saturated carbocycles. The van der Waals surface area contributed by atoms with E-state index < -0.39 is 11.9 Å². The molecule has 4 heteroatoms. The van der Waals surface area contributed by atoms with Crippen LogP contribution in [0, 0.1) is 25.5 Å². The van der Waals surface area contributed by atoms with Crippen molar-refractivity contribution in [3.63, 3.8) is 0 Å². The van der Waals surface area contributed by atoms with Gasteiger partial charge in [-0.1, -0.05) is 18.2 Å². The minimum atomic E-state index is -0.972. The van der Waals surface area contributed by atoms with Gasteiger partial charge in [0.05, 0.1) is 4.47 Å². The van der Waals surface area contributed by atoms with Crippen molar-refractivity contribution in [2.45, 2.75) is 20.0 Å². The maximum atomic E-state index is 13.5. The zero-order valence-electron chi connectivity index (χ0n) is 10.5. The molecule has 0 aliphatic carbocycles. The van der Waals surface area contributed by atoms with Crippen LogP contribution < -0.4 is 0 Å². The van der Waals surface area contributed by atoms with Crippen molar-refractivity contribution in [1.29, 1.82) is 0 Å². The number of aliphatic hydroxyl groups is 1. The SMILES string of the molecule is Cc1cc(C(O)c2ccc(Br)c(F)c2)cc(C)c1F. The number of aryl methyl sites for hydroxylation is 2. The van der Waals surface area contributed by atoms with Gasteiger partial charge in [-0.25, -0.2) is 8.78 Å². The average Bonchev–Trinajstić information content (AvgIpc) is 2.37. The summed E-state index contributed by atoms with van der Waals surface area (Å²) in [4.78, 5) is 0. The Hall–Kier alpha value is -1.26. The number of benzene rings is 2. The van der Waals surface area contributed by atoms with Crippen molar-refractivity contribution in [1.82, 2.24) is 0 Å². The predicted octanol–water partition coefficient (Wildman–Crippen LogP) is 4.43. The smallest absolute Gasteiger partial charge is 0.137 e. The molecule has 2 aromatic carbocycles. The molecule has 0 spiro atoms. The van der Waals surface area contributed by atoms with Crippen LogP contribution in [0.15, 0.2) is 34.8 Å². The molecule has 100 valence electrons. The minimum Gasteiger partial charge on any atom is -0.384 e. The second-order valence-electron chi connectivity index (χ2n) is 4.54. The summed E-state index contributed by atoms with van der Waals surface area (Å²) in [6, 6.07) is 7.59. The first-order valence-corrected chi connectivity index (χ1v) is 6.59. The van der Waals surface area contributed by atoms with E-state index in [-0.39, 0.29) is 5.82 Å². The maximum Gasteiger partial charge on any atom is 0.137 e. The minimum absolute atomic E-state index is 0.280. The molecule has 0 bridgehead atoms. The van der Waals surface area contributed by atoms with Gasteiger partial charge in [0, 0.05) is 0 Å². The molecule has 0 aromatic heterocycles. The summed E-state index contributed by atoms with van der Waals surface area (Å²) in [6.45, 7) is 3.28. The Labute approximate surface area is 119 Å². The lowest BCUT2D eigenvalue weighted by atomic mass is 9.97. The number of hydrogen-bond donors (Lipinski definition) is 1. The molecular weight excluding hydrogens is 314 g/mol. The Kier molecular flexibility index (Phi) is 4.02.